The molecule has 0 aromatic rings. The van der Waals surface area contributed by atoms with Gasteiger partial charge in [0.05, 0.1) is 0 Å². The van der Waals surface area contributed by atoms with Gasteiger partial charge in [0.1, 0.15) is 0 Å². The molecule has 2 N–H and O–H groups in total. The van der Waals surface area contributed by atoms with Crippen molar-refractivity contribution in [2.75, 3.05) is 33.2 Å². The fraction of sp³-hybridized carbons (Fsp3) is 1.00. The van der Waals surface area contributed by atoms with E-state index in [2.05, 4.69) is 17.0 Å². The number of hydrogen-bond acceptors (Lipinski definition) is 3. The van der Waals surface area contributed by atoms with Gasteiger partial charge in [-0.25, -0.2) is 4.72 Å². The monoisotopic (exact) mass is 317 g/mol. The second-order valence-corrected chi connectivity index (χ2v) is 8.48. The normalized spacial score (nSPS) is 19.6. The van der Waals surface area contributed by atoms with Crippen LogP contribution < -0.4 is 10.0 Å². The van der Waals surface area contributed by atoms with E-state index in [9.17, 15) is 8.42 Å². The van der Waals surface area contributed by atoms with E-state index in [4.69, 9.17) is 0 Å². The molecule has 0 aromatic carbocycles. The molecule has 6 heteroatoms. The highest BCUT2D eigenvalue weighted by molar-refractivity contribution is 7.87. The first-order valence-electron chi connectivity index (χ1n) is 8.46. The average Bonchev–Trinajstić information content (AvgIpc) is 3.31. The molecule has 0 bridgehead atoms. The van der Waals surface area contributed by atoms with Gasteiger partial charge in [-0.05, 0) is 69.4 Å². The molecule has 2 rings (SSSR count). The maximum absolute atomic E-state index is 12.2. The summed E-state index contributed by atoms with van der Waals surface area (Å²) in [6.07, 6.45) is 7.14. The fourth-order valence-corrected chi connectivity index (χ4v) is 3.92. The lowest BCUT2D eigenvalue weighted by Gasteiger charge is -2.21. The Balaban J connectivity index is 1.67. The van der Waals surface area contributed by atoms with Crippen molar-refractivity contribution in [3.63, 3.8) is 0 Å². The highest BCUT2D eigenvalue weighted by atomic mass is 32.2. The van der Waals surface area contributed by atoms with Gasteiger partial charge in [-0.1, -0.05) is 6.92 Å². The Hall–Kier alpha value is -0.170. The lowest BCUT2D eigenvalue weighted by molar-refractivity contribution is 0.388. The van der Waals surface area contributed by atoms with Crippen LogP contribution in [0.3, 0.4) is 0 Å². The van der Waals surface area contributed by atoms with Crippen molar-refractivity contribution >= 4 is 10.2 Å². The largest absolute Gasteiger partial charge is 0.317 e. The van der Waals surface area contributed by atoms with Crippen molar-refractivity contribution in [2.24, 2.45) is 17.8 Å². The molecule has 21 heavy (non-hydrogen) atoms. The lowest BCUT2D eigenvalue weighted by atomic mass is 9.99. The predicted octanol–water partition coefficient (Wildman–Crippen LogP) is 1.58. The predicted molar refractivity (Wildman–Crippen MR) is 86.3 cm³/mol. The Morgan fingerprint density at radius 1 is 1.14 bits per heavy atom. The number of hydrogen-bond donors (Lipinski definition) is 2. The first kappa shape index (κ1) is 17.2. The van der Waals surface area contributed by atoms with E-state index < -0.39 is 10.2 Å². The average molecular weight is 317 g/mol. The molecule has 2 aliphatic rings. The standard InChI is InChI=1S/C15H31N3O2S/c1-3-9-16-10-4-11-18(2)21(19,20)17-12-15(13-5-6-13)14-7-8-14/h13-17H,3-12H2,1-2H3. The van der Waals surface area contributed by atoms with Gasteiger partial charge in [-0.2, -0.15) is 12.7 Å². The lowest BCUT2D eigenvalue weighted by Crippen LogP contribution is -2.42. The molecule has 124 valence electrons. The molecule has 0 amide bonds. The van der Waals surface area contributed by atoms with Crippen molar-refractivity contribution < 1.29 is 8.42 Å². The highest BCUT2D eigenvalue weighted by Gasteiger charge is 2.41. The van der Waals surface area contributed by atoms with Crippen LogP contribution in [0.1, 0.15) is 45.4 Å². The number of rotatable bonds is 12. The first-order chi connectivity index (χ1) is 10.0. The molecule has 0 spiro atoms. The van der Waals surface area contributed by atoms with E-state index in [1.165, 1.54) is 30.0 Å². The Labute approximate surface area is 130 Å². The van der Waals surface area contributed by atoms with Gasteiger partial charge in [0.25, 0.3) is 10.2 Å². The van der Waals surface area contributed by atoms with Crippen LogP contribution in [0.4, 0.5) is 0 Å². The Morgan fingerprint density at radius 2 is 1.76 bits per heavy atom. The minimum absolute atomic E-state index is 0.573. The Kier molecular flexibility index (Phi) is 6.47. The van der Waals surface area contributed by atoms with Crippen LogP contribution in [-0.4, -0.2) is 45.9 Å². The van der Waals surface area contributed by atoms with Crippen LogP contribution in [0.2, 0.25) is 0 Å². The third-order valence-corrected chi connectivity index (χ3v) is 6.15. The van der Waals surface area contributed by atoms with E-state index in [1.807, 2.05) is 0 Å². The molecule has 0 radical (unpaired) electrons. The fourth-order valence-electron chi connectivity index (χ4n) is 2.93. The second kappa shape index (κ2) is 7.90. The molecule has 0 saturated heterocycles. The van der Waals surface area contributed by atoms with Gasteiger partial charge >= 0.3 is 0 Å². The zero-order chi connectivity index (χ0) is 15.3. The molecule has 0 aromatic heterocycles. The molecule has 0 atom stereocenters. The van der Waals surface area contributed by atoms with Crippen LogP contribution in [0.25, 0.3) is 0 Å². The summed E-state index contributed by atoms with van der Waals surface area (Å²) < 4.78 is 28.8. The topological polar surface area (TPSA) is 61.4 Å². The third-order valence-electron chi connectivity index (χ3n) is 4.62. The maximum atomic E-state index is 12.2. The number of nitrogens with one attached hydrogen (secondary N) is 2. The molecule has 2 saturated carbocycles. The summed E-state index contributed by atoms with van der Waals surface area (Å²) >= 11 is 0. The number of nitrogens with zero attached hydrogens (tertiary/aromatic N) is 1. The molecule has 2 aliphatic carbocycles. The molecule has 2 fully saturated rings. The SMILES string of the molecule is CCCNCCCN(C)S(=O)(=O)NCC(C1CC1)C1CC1. The minimum Gasteiger partial charge on any atom is -0.317 e. The van der Waals surface area contributed by atoms with Crippen LogP contribution in [0.15, 0.2) is 0 Å². The summed E-state index contributed by atoms with van der Waals surface area (Å²) in [6.45, 7) is 5.21. The van der Waals surface area contributed by atoms with Crippen LogP contribution in [0, 0.1) is 17.8 Å². The second-order valence-electron chi connectivity index (χ2n) is 6.62. The van der Waals surface area contributed by atoms with Crippen molar-refractivity contribution in [1.29, 1.82) is 0 Å². The van der Waals surface area contributed by atoms with E-state index >= 15 is 0 Å². The van der Waals surface area contributed by atoms with Gasteiger partial charge in [-0.3, -0.25) is 0 Å². The highest BCUT2D eigenvalue weighted by Crippen LogP contribution is 2.48. The molecular formula is C15H31N3O2S. The van der Waals surface area contributed by atoms with Crippen LogP contribution in [-0.2, 0) is 10.2 Å². The Bertz CT molecular complexity index is 393. The van der Waals surface area contributed by atoms with Crippen molar-refractivity contribution in [1.82, 2.24) is 14.3 Å². The quantitative estimate of drug-likeness (QED) is 0.537. The van der Waals surface area contributed by atoms with E-state index in [1.54, 1.807) is 7.05 Å². The van der Waals surface area contributed by atoms with Crippen LogP contribution in [0.5, 0.6) is 0 Å². The summed E-state index contributed by atoms with van der Waals surface area (Å²) in [6, 6.07) is 0. The van der Waals surface area contributed by atoms with E-state index in [0.717, 1.165) is 37.8 Å². The summed E-state index contributed by atoms with van der Waals surface area (Å²) in [4.78, 5) is 0. The first-order valence-corrected chi connectivity index (χ1v) is 9.90. The van der Waals surface area contributed by atoms with Crippen molar-refractivity contribution in [3.8, 4) is 0 Å². The summed E-state index contributed by atoms with van der Waals surface area (Å²) in [7, 11) is -1.63. The van der Waals surface area contributed by atoms with E-state index in [0.29, 0.717) is 19.0 Å². The molecule has 0 unspecified atom stereocenters. The van der Waals surface area contributed by atoms with E-state index in [-0.39, 0.29) is 0 Å². The minimum atomic E-state index is -3.30. The molecular weight excluding hydrogens is 286 g/mol. The van der Waals surface area contributed by atoms with Crippen molar-refractivity contribution in [2.45, 2.75) is 45.4 Å². The maximum Gasteiger partial charge on any atom is 0.279 e. The van der Waals surface area contributed by atoms with Gasteiger partial charge < -0.3 is 5.32 Å². The molecule has 0 aliphatic heterocycles. The van der Waals surface area contributed by atoms with Gasteiger partial charge in [0.15, 0.2) is 0 Å². The van der Waals surface area contributed by atoms with Gasteiger partial charge in [0, 0.05) is 20.1 Å². The zero-order valence-corrected chi connectivity index (χ0v) is 14.3. The van der Waals surface area contributed by atoms with Gasteiger partial charge in [-0.15, -0.1) is 0 Å². The third kappa shape index (κ3) is 5.85. The summed E-state index contributed by atoms with van der Waals surface area (Å²) in [5.41, 5.74) is 0. The smallest absolute Gasteiger partial charge is 0.279 e. The molecule has 5 nitrogen and oxygen atoms in total. The Morgan fingerprint density at radius 3 is 2.29 bits per heavy atom. The van der Waals surface area contributed by atoms with Gasteiger partial charge in [0.2, 0.25) is 0 Å². The van der Waals surface area contributed by atoms with Crippen LogP contribution >= 0.6 is 0 Å². The summed E-state index contributed by atoms with van der Waals surface area (Å²) in [5, 5.41) is 3.30. The molecule has 0 heterocycles. The summed E-state index contributed by atoms with van der Waals surface area (Å²) in [5.74, 6) is 2.15. The van der Waals surface area contributed by atoms with Crippen molar-refractivity contribution in [3.05, 3.63) is 0 Å². The zero-order valence-electron chi connectivity index (χ0n) is 13.5.